The molecule has 0 aromatic rings. The molecule has 0 fully saturated rings. The molecule has 0 aliphatic carbocycles. The molecule has 0 amide bonds. The average Bonchev–Trinajstić information content (AvgIpc) is 1.91. The fourth-order valence-corrected chi connectivity index (χ4v) is 0.677. The first-order valence-electron chi connectivity index (χ1n) is 3.29. The molecule has 1 radical (unpaired) electrons. The van der Waals surface area contributed by atoms with Gasteiger partial charge in [0.25, 0.3) is 0 Å². The van der Waals surface area contributed by atoms with E-state index in [4.69, 9.17) is 4.74 Å². The molecule has 1 unspecified atom stereocenters. The van der Waals surface area contributed by atoms with Gasteiger partial charge in [0.1, 0.15) is 0 Å². The Hall–Kier alpha value is -0.300. The minimum Gasteiger partial charge on any atom is -0.377 e. The van der Waals surface area contributed by atoms with E-state index in [-0.39, 0.29) is 6.10 Å². The number of rotatable bonds is 5. The standard InChI is InChI=1S/C8H15O/c1-4-6-7-8(5-2)9-3/h5,8H,1-2,4,6-7H2,3H3. The molecule has 1 atom stereocenters. The van der Waals surface area contributed by atoms with Crippen LogP contribution in [0.2, 0.25) is 0 Å². The van der Waals surface area contributed by atoms with Crippen LogP contribution in [0.25, 0.3) is 0 Å². The summed E-state index contributed by atoms with van der Waals surface area (Å²) in [6, 6.07) is 0. The van der Waals surface area contributed by atoms with Crippen molar-refractivity contribution in [3.05, 3.63) is 19.6 Å². The van der Waals surface area contributed by atoms with Crippen LogP contribution >= 0.6 is 0 Å². The first kappa shape index (κ1) is 8.70. The molecule has 0 N–H and O–H groups in total. The SMILES string of the molecule is [CH2]CCCC(C=C)OC. The highest BCUT2D eigenvalue weighted by Gasteiger charge is 1.97. The van der Waals surface area contributed by atoms with Crippen LogP contribution in [0.5, 0.6) is 0 Å². The molecule has 9 heavy (non-hydrogen) atoms. The van der Waals surface area contributed by atoms with Crippen LogP contribution in [0.1, 0.15) is 19.3 Å². The Morgan fingerprint density at radius 3 is 2.67 bits per heavy atom. The molecule has 53 valence electrons. The third-order valence-electron chi connectivity index (χ3n) is 1.30. The monoisotopic (exact) mass is 127 g/mol. The second-order valence-electron chi connectivity index (χ2n) is 2.01. The fourth-order valence-electron chi connectivity index (χ4n) is 0.677. The quantitative estimate of drug-likeness (QED) is 0.514. The van der Waals surface area contributed by atoms with E-state index in [9.17, 15) is 0 Å². The van der Waals surface area contributed by atoms with Gasteiger partial charge in [-0.15, -0.1) is 6.58 Å². The van der Waals surface area contributed by atoms with E-state index in [1.165, 1.54) is 0 Å². The number of hydrogen-bond donors (Lipinski definition) is 0. The molecular weight excluding hydrogens is 112 g/mol. The normalized spacial score (nSPS) is 13.1. The van der Waals surface area contributed by atoms with Crippen LogP contribution in [0.15, 0.2) is 12.7 Å². The van der Waals surface area contributed by atoms with Crippen molar-refractivity contribution in [1.82, 2.24) is 0 Å². The number of methoxy groups -OCH3 is 1. The molecule has 1 nitrogen and oxygen atoms in total. The van der Waals surface area contributed by atoms with Crippen LogP contribution in [0.4, 0.5) is 0 Å². The van der Waals surface area contributed by atoms with Gasteiger partial charge >= 0.3 is 0 Å². The van der Waals surface area contributed by atoms with E-state index < -0.39 is 0 Å². The van der Waals surface area contributed by atoms with Crippen molar-refractivity contribution in [3.8, 4) is 0 Å². The van der Waals surface area contributed by atoms with Gasteiger partial charge in [0.2, 0.25) is 0 Å². The third-order valence-corrected chi connectivity index (χ3v) is 1.30. The summed E-state index contributed by atoms with van der Waals surface area (Å²) in [6.07, 6.45) is 5.20. The Bertz CT molecular complexity index is 69.0. The van der Waals surface area contributed by atoms with Gasteiger partial charge in [0, 0.05) is 7.11 Å². The molecule has 0 saturated carbocycles. The molecule has 0 aromatic carbocycles. The van der Waals surface area contributed by atoms with E-state index in [0.29, 0.717) is 0 Å². The maximum absolute atomic E-state index is 5.06. The highest BCUT2D eigenvalue weighted by Crippen LogP contribution is 2.03. The Morgan fingerprint density at radius 1 is 1.67 bits per heavy atom. The average molecular weight is 127 g/mol. The summed E-state index contributed by atoms with van der Waals surface area (Å²) < 4.78 is 5.06. The Labute approximate surface area is 57.7 Å². The lowest BCUT2D eigenvalue weighted by molar-refractivity contribution is 0.132. The zero-order chi connectivity index (χ0) is 7.11. The predicted molar refractivity (Wildman–Crippen MR) is 40.2 cm³/mol. The van der Waals surface area contributed by atoms with E-state index in [2.05, 4.69) is 13.5 Å². The summed E-state index contributed by atoms with van der Waals surface area (Å²) in [5.41, 5.74) is 0. The van der Waals surface area contributed by atoms with Gasteiger partial charge in [-0.3, -0.25) is 0 Å². The number of ether oxygens (including phenoxy) is 1. The molecule has 0 aromatic heterocycles. The highest BCUT2D eigenvalue weighted by atomic mass is 16.5. The maximum atomic E-state index is 5.06. The zero-order valence-corrected chi connectivity index (χ0v) is 6.10. The molecule has 0 spiro atoms. The lowest BCUT2D eigenvalue weighted by atomic mass is 10.2. The van der Waals surface area contributed by atoms with Gasteiger partial charge in [-0.1, -0.05) is 25.8 Å². The van der Waals surface area contributed by atoms with Gasteiger partial charge in [0.05, 0.1) is 6.10 Å². The minimum atomic E-state index is 0.228. The Morgan fingerprint density at radius 2 is 2.33 bits per heavy atom. The zero-order valence-electron chi connectivity index (χ0n) is 6.10. The van der Waals surface area contributed by atoms with Crippen LogP contribution < -0.4 is 0 Å². The van der Waals surface area contributed by atoms with E-state index in [1.807, 2.05) is 6.08 Å². The van der Waals surface area contributed by atoms with Crippen molar-refractivity contribution in [1.29, 1.82) is 0 Å². The second-order valence-corrected chi connectivity index (χ2v) is 2.01. The van der Waals surface area contributed by atoms with Crippen LogP contribution in [0, 0.1) is 6.92 Å². The third kappa shape index (κ3) is 4.22. The van der Waals surface area contributed by atoms with Crippen molar-refractivity contribution < 1.29 is 4.74 Å². The molecule has 0 heterocycles. The maximum Gasteiger partial charge on any atom is 0.0749 e. The number of hydrogen-bond acceptors (Lipinski definition) is 1. The van der Waals surface area contributed by atoms with Gasteiger partial charge in [-0.2, -0.15) is 0 Å². The van der Waals surface area contributed by atoms with Gasteiger partial charge in [-0.05, 0) is 6.42 Å². The summed E-state index contributed by atoms with van der Waals surface area (Å²) in [5.74, 6) is 0. The van der Waals surface area contributed by atoms with Gasteiger partial charge < -0.3 is 4.74 Å². The molecule has 0 aliphatic rings. The summed E-state index contributed by atoms with van der Waals surface area (Å²) in [6.45, 7) is 7.38. The smallest absolute Gasteiger partial charge is 0.0749 e. The lowest BCUT2D eigenvalue weighted by Gasteiger charge is -2.07. The van der Waals surface area contributed by atoms with Crippen molar-refractivity contribution in [3.63, 3.8) is 0 Å². The summed E-state index contributed by atoms with van der Waals surface area (Å²) in [4.78, 5) is 0. The minimum absolute atomic E-state index is 0.228. The highest BCUT2D eigenvalue weighted by molar-refractivity contribution is 4.79. The Balaban J connectivity index is 3.20. The topological polar surface area (TPSA) is 9.23 Å². The van der Waals surface area contributed by atoms with Crippen molar-refractivity contribution in [2.24, 2.45) is 0 Å². The second kappa shape index (κ2) is 5.83. The molecule has 0 rings (SSSR count). The van der Waals surface area contributed by atoms with E-state index in [1.54, 1.807) is 7.11 Å². The van der Waals surface area contributed by atoms with Gasteiger partial charge in [0.15, 0.2) is 0 Å². The molecule has 1 heteroatoms. The predicted octanol–water partition coefficient (Wildman–Crippen LogP) is 2.19. The van der Waals surface area contributed by atoms with Crippen molar-refractivity contribution >= 4 is 0 Å². The van der Waals surface area contributed by atoms with Crippen molar-refractivity contribution in [2.45, 2.75) is 25.4 Å². The van der Waals surface area contributed by atoms with Crippen LogP contribution in [0.3, 0.4) is 0 Å². The summed E-state index contributed by atoms with van der Waals surface area (Å²) in [5, 5.41) is 0. The van der Waals surface area contributed by atoms with E-state index in [0.717, 1.165) is 19.3 Å². The van der Waals surface area contributed by atoms with Gasteiger partial charge in [-0.25, -0.2) is 0 Å². The van der Waals surface area contributed by atoms with Crippen molar-refractivity contribution in [2.75, 3.05) is 7.11 Å². The largest absolute Gasteiger partial charge is 0.377 e. The molecule has 0 saturated heterocycles. The first-order valence-corrected chi connectivity index (χ1v) is 3.29. The lowest BCUT2D eigenvalue weighted by Crippen LogP contribution is -2.05. The number of unbranched alkanes of at least 4 members (excludes halogenated alkanes) is 1. The molecular formula is C8H15O. The van der Waals surface area contributed by atoms with E-state index >= 15 is 0 Å². The van der Waals surface area contributed by atoms with Crippen LogP contribution in [-0.4, -0.2) is 13.2 Å². The molecule has 0 aliphatic heterocycles. The summed E-state index contributed by atoms with van der Waals surface area (Å²) >= 11 is 0. The summed E-state index contributed by atoms with van der Waals surface area (Å²) in [7, 11) is 1.70. The Kier molecular flexibility index (Phi) is 5.64. The fraction of sp³-hybridized carbons (Fsp3) is 0.625. The molecule has 0 bridgehead atoms. The van der Waals surface area contributed by atoms with Crippen LogP contribution in [-0.2, 0) is 4.74 Å². The first-order chi connectivity index (χ1) is 4.35.